The van der Waals surface area contributed by atoms with E-state index < -0.39 is 12.0 Å². The van der Waals surface area contributed by atoms with E-state index in [1.165, 1.54) is 6.20 Å². The number of hydrogen-bond donors (Lipinski definition) is 1. The molecule has 4 nitrogen and oxygen atoms in total. The molecule has 0 spiro atoms. The third-order valence-corrected chi connectivity index (χ3v) is 2.49. The second-order valence-electron chi connectivity index (χ2n) is 3.18. The molecule has 0 saturated carbocycles. The maximum absolute atomic E-state index is 11.6. The van der Waals surface area contributed by atoms with Crippen molar-refractivity contribution in [1.29, 1.82) is 0 Å². The highest BCUT2D eigenvalue weighted by Gasteiger charge is 2.29. The SMILES string of the molecule is CCOC(=O)C1=C(C)C=CN(O)C1CCl. The molecule has 0 bridgehead atoms. The van der Waals surface area contributed by atoms with Crippen LogP contribution in [0.3, 0.4) is 0 Å². The summed E-state index contributed by atoms with van der Waals surface area (Å²) in [6, 6.07) is -0.532. The number of carbonyl (C=O) groups excluding carboxylic acids is 1. The van der Waals surface area contributed by atoms with Gasteiger partial charge < -0.3 is 4.74 Å². The third-order valence-electron chi connectivity index (χ3n) is 2.20. The number of nitrogens with zero attached hydrogens (tertiary/aromatic N) is 1. The summed E-state index contributed by atoms with van der Waals surface area (Å²) >= 11 is 5.70. The minimum Gasteiger partial charge on any atom is -0.463 e. The summed E-state index contributed by atoms with van der Waals surface area (Å²) in [5.74, 6) is -0.296. The lowest BCUT2D eigenvalue weighted by Crippen LogP contribution is -2.37. The van der Waals surface area contributed by atoms with Crippen LogP contribution in [0.1, 0.15) is 13.8 Å². The van der Waals surface area contributed by atoms with Gasteiger partial charge in [0.05, 0.1) is 12.2 Å². The molecule has 0 aromatic heterocycles. The van der Waals surface area contributed by atoms with Gasteiger partial charge in [-0.3, -0.25) is 10.3 Å². The molecule has 0 aromatic rings. The van der Waals surface area contributed by atoms with Gasteiger partial charge >= 0.3 is 5.97 Å². The van der Waals surface area contributed by atoms with E-state index in [2.05, 4.69) is 0 Å². The molecule has 5 heteroatoms. The van der Waals surface area contributed by atoms with Crippen molar-refractivity contribution in [3.05, 3.63) is 23.4 Å². The van der Waals surface area contributed by atoms with Gasteiger partial charge in [-0.25, -0.2) is 4.79 Å². The zero-order chi connectivity index (χ0) is 11.4. The Kier molecular flexibility index (Phi) is 4.17. The van der Waals surface area contributed by atoms with Crippen molar-refractivity contribution in [2.24, 2.45) is 0 Å². The van der Waals surface area contributed by atoms with E-state index in [0.717, 1.165) is 10.6 Å². The predicted molar refractivity (Wildman–Crippen MR) is 56.6 cm³/mol. The van der Waals surface area contributed by atoms with Crippen molar-refractivity contribution in [3.8, 4) is 0 Å². The second kappa shape index (κ2) is 5.19. The normalized spacial score (nSPS) is 20.8. The van der Waals surface area contributed by atoms with Crippen LogP contribution >= 0.6 is 11.6 Å². The molecular weight excluding hydrogens is 218 g/mol. The van der Waals surface area contributed by atoms with Gasteiger partial charge in [0.2, 0.25) is 0 Å². The summed E-state index contributed by atoms with van der Waals surface area (Å²) in [7, 11) is 0. The number of carbonyl (C=O) groups is 1. The van der Waals surface area contributed by atoms with Crippen molar-refractivity contribution in [2.75, 3.05) is 12.5 Å². The Balaban J connectivity index is 2.98. The molecule has 1 N–H and O–H groups in total. The first-order valence-electron chi connectivity index (χ1n) is 4.71. The zero-order valence-corrected chi connectivity index (χ0v) is 9.49. The molecule has 0 fully saturated rings. The lowest BCUT2D eigenvalue weighted by molar-refractivity contribution is -0.141. The van der Waals surface area contributed by atoms with Crippen LogP contribution in [0.2, 0.25) is 0 Å². The van der Waals surface area contributed by atoms with E-state index in [1.807, 2.05) is 0 Å². The first-order valence-corrected chi connectivity index (χ1v) is 5.24. The lowest BCUT2D eigenvalue weighted by Gasteiger charge is -2.28. The quantitative estimate of drug-likeness (QED) is 0.593. The molecule has 0 radical (unpaired) electrons. The number of hydrogen-bond acceptors (Lipinski definition) is 4. The van der Waals surface area contributed by atoms with Gasteiger partial charge in [-0.1, -0.05) is 0 Å². The number of alkyl halides is 1. The molecule has 1 aliphatic heterocycles. The highest BCUT2D eigenvalue weighted by Crippen LogP contribution is 2.22. The average Bonchev–Trinajstić information content (AvgIpc) is 2.21. The van der Waals surface area contributed by atoms with Crippen LogP contribution in [0.15, 0.2) is 23.4 Å². The van der Waals surface area contributed by atoms with E-state index in [9.17, 15) is 10.0 Å². The molecular formula is C10H14ClNO3. The van der Waals surface area contributed by atoms with Crippen molar-refractivity contribution in [3.63, 3.8) is 0 Å². The molecule has 0 aromatic carbocycles. The monoisotopic (exact) mass is 231 g/mol. The Hall–Kier alpha value is -1.00. The Morgan fingerprint density at radius 2 is 2.40 bits per heavy atom. The van der Waals surface area contributed by atoms with Crippen LogP contribution in [-0.4, -0.2) is 34.8 Å². The number of hydroxylamine groups is 2. The molecule has 1 aliphatic rings. The van der Waals surface area contributed by atoms with Gasteiger partial charge in [-0.15, -0.1) is 11.6 Å². The summed E-state index contributed by atoms with van der Waals surface area (Å²) in [5.41, 5.74) is 1.18. The van der Waals surface area contributed by atoms with E-state index in [4.69, 9.17) is 16.3 Å². The van der Waals surface area contributed by atoms with Gasteiger partial charge in [-0.05, 0) is 25.5 Å². The van der Waals surface area contributed by atoms with Crippen molar-refractivity contribution in [2.45, 2.75) is 19.9 Å². The van der Waals surface area contributed by atoms with Crippen LogP contribution in [0.4, 0.5) is 0 Å². The Morgan fingerprint density at radius 3 is 2.93 bits per heavy atom. The van der Waals surface area contributed by atoms with Crippen LogP contribution in [0, 0.1) is 0 Å². The largest absolute Gasteiger partial charge is 0.463 e. The molecule has 1 rings (SSSR count). The molecule has 0 aliphatic carbocycles. The van der Waals surface area contributed by atoms with Crippen LogP contribution in [0.5, 0.6) is 0 Å². The second-order valence-corrected chi connectivity index (χ2v) is 3.49. The molecule has 84 valence electrons. The molecule has 15 heavy (non-hydrogen) atoms. The van der Waals surface area contributed by atoms with E-state index in [1.54, 1.807) is 19.9 Å². The standard InChI is InChI=1S/C10H14ClNO3/c1-3-15-10(13)9-7(2)4-5-12(14)8(9)6-11/h4-5,8,14H,3,6H2,1-2H3. The van der Waals surface area contributed by atoms with E-state index in [0.29, 0.717) is 12.2 Å². The van der Waals surface area contributed by atoms with Crippen molar-refractivity contribution >= 4 is 17.6 Å². The predicted octanol–water partition coefficient (Wildman–Crippen LogP) is 1.69. The van der Waals surface area contributed by atoms with Gasteiger partial charge in [0, 0.05) is 12.1 Å². The zero-order valence-electron chi connectivity index (χ0n) is 8.74. The summed E-state index contributed by atoms with van der Waals surface area (Å²) < 4.78 is 4.91. The summed E-state index contributed by atoms with van der Waals surface area (Å²) in [6.07, 6.45) is 3.13. The topological polar surface area (TPSA) is 49.8 Å². The minimum absolute atomic E-state index is 0.131. The molecule has 1 heterocycles. The van der Waals surface area contributed by atoms with Gasteiger partial charge in [0.25, 0.3) is 0 Å². The number of esters is 1. The number of ether oxygens (including phenoxy) is 1. The first-order chi connectivity index (χ1) is 7.11. The maximum Gasteiger partial charge on any atom is 0.336 e. The third kappa shape index (κ3) is 2.52. The highest BCUT2D eigenvalue weighted by molar-refractivity contribution is 6.19. The van der Waals surface area contributed by atoms with Crippen LogP contribution in [0.25, 0.3) is 0 Å². The minimum atomic E-state index is -0.532. The average molecular weight is 232 g/mol. The summed E-state index contributed by atoms with van der Waals surface area (Å²) in [6.45, 7) is 3.83. The Morgan fingerprint density at radius 1 is 1.73 bits per heavy atom. The van der Waals surface area contributed by atoms with E-state index in [-0.39, 0.29) is 5.88 Å². The van der Waals surface area contributed by atoms with Gasteiger partial charge in [0.1, 0.15) is 6.04 Å². The van der Waals surface area contributed by atoms with Gasteiger partial charge in [-0.2, -0.15) is 0 Å². The van der Waals surface area contributed by atoms with Crippen molar-refractivity contribution in [1.82, 2.24) is 5.06 Å². The molecule has 1 atom stereocenters. The van der Waals surface area contributed by atoms with E-state index >= 15 is 0 Å². The first kappa shape index (κ1) is 12.1. The Bertz CT molecular complexity index is 312. The van der Waals surface area contributed by atoms with Crippen LogP contribution < -0.4 is 0 Å². The molecule has 1 unspecified atom stereocenters. The summed E-state index contributed by atoms with van der Waals surface area (Å²) in [5, 5.41) is 10.4. The molecule has 0 amide bonds. The Labute approximate surface area is 93.7 Å². The van der Waals surface area contributed by atoms with Crippen LogP contribution in [-0.2, 0) is 9.53 Å². The number of halogens is 1. The lowest BCUT2D eigenvalue weighted by atomic mass is 10.00. The van der Waals surface area contributed by atoms with Crippen molar-refractivity contribution < 1.29 is 14.7 Å². The molecule has 0 saturated heterocycles. The highest BCUT2D eigenvalue weighted by atomic mass is 35.5. The fourth-order valence-corrected chi connectivity index (χ4v) is 1.73. The fourth-order valence-electron chi connectivity index (χ4n) is 1.43. The smallest absolute Gasteiger partial charge is 0.336 e. The maximum atomic E-state index is 11.6. The fraction of sp³-hybridized carbons (Fsp3) is 0.500. The summed E-state index contributed by atoms with van der Waals surface area (Å²) in [4.78, 5) is 11.6. The number of rotatable bonds is 3. The van der Waals surface area contributed by atoms with Gasteiger partial charge in [0.15, 0.2) is 0 Å². The number of allylic oxidation sites excluding steroid dienone is 2.